The molecule has 0 aromatic rings. The Bertz CT molecular complexity index is 701. The van der Waals surface area contributed by atoms with Crippen molar-refractivity contribution >= 4 is 29.8 Å². The molecule has 4 amide bonds. The molecule has 0 unspecified atom stereocenters. The van der Waals surface area contributed by atoms with E-state index in [2.05, 4.69) is 5.32 Å². The molecule has 0 saturated carbocycles. The number of nitrogens with one attached hydrogen (secondary N) is 2. The number of carbonyl (C=O) groups is 5. The summed E-state index contributed by atoms with van der Waals surface area (Å²) in [5.41, 5.74) is 5.74. The Morgan fingerprint density at radius 3 is 2.45 bits per heavy atom. The molecule has 0 aromatic carbocycles. The van der Waals surface area contributed by atoms with Crippen LogP contribution in [0.5, 0.6) is 0 Å². The molecule has 2 heterocycles. The largest absolute Gasteiger partial charge is 0.481 e. The monoisotopic (exact) mass is 418 g/mol. The summed E-state index contributed by atoms with van der Waals surface area (Å²) in [5, 5.41) is 42.2. The number of carboxylic acid groups (broad SMARTS) is 2. The number of aliphatic hydroxyl groups is 2. The molecule has 14 nitrogen and oxygen atoms in total. The normalized spacial score (nSPS) is 29.1. The van der Waals surface area contributed by atoms with Gasteiger partial charge in [-0.2, -0.15) is 0 Å². The number of nitrogens with two attached hydrogens (primary N) is 1. The first-order valence-electron chi connectivity index (χ1n) is 8.65. The van der Waals surface area contributed by atoms with Gasteiger partial charge in [-0.25, -0.2) is 9.59 Å². The number of carbonyl (C=O) groups excluding carboxylic acids is 3. The second-order valence-electron chi connectivity index (χ2n) is 6.63. The number of aliphatic carboxylic acids is 2. The number of hydrogen-bond donors (Lipinski definition) is 7. The molecule has 162 valence electrons. The fraction of sp³-hybridized carbons (Fsp3) is 0.667. The molecule has 2 rings (SSSR count). The van der Waals surface area contributed by atoms with Crippen LogP contribution in [0.4, 0.5) is 4.79 Å². The number of amides is 4. The van der Waals surface area contributed by atoms with E-state index in [0.29, 0.717) is 0 Å². The second kappa shape index (κ2) is 9.13. The first-order valence-corrected chi connectivity index (χ1v) is 8.65. The van der Waals surface area contributed by atoms with Crippen molar-refractivity contribution in [1.82, 2.24) is 15.5 Å². The van der Waals surface area contributed by atoms with Crippen LogP contribution in [0.2, 0.25) is 0 Å². The zero-order valence-corrected chi connectivity index (χ0v) is 15.1. The Kier molecular flexibility index (Phi) is 7.07. The molecule has 2 fully saturated rings. The molecular weight excluding hydrogens is 396 g/mol. The Morgan fingerprint density at radius 2 is 1.90 bits per heavy atom. The quantitative estimate of drug-likeness (QED) is 0.202. The number of carboxylic acids is 2. The van der Waals surface area contributed by atoms with Crippen LogP contribution < -0.4 is 16.4 Å². The summed E-state index contributed by atoms with van der Waals surface area (Å²) in [6.07, 6.45) is -7.18. The van der Waals surface area contributed by atoms with Gasteiger partial charge < -0.3 is 36.2 Å². The standard InChI is InChI=1S/C15H22N4O10/c16-8(12(25)17-5(14(26)27)1-2-7(21)22)11-9(23)10(24)13(29-11)19-4-3-6(20)18-15(19)28/h5,8-11,13,23-24H,1-4,16H2,(H,17,25)(H,21,22)(H,26,27)(H,18,20,28)/t5-,8-,9-,10+,11+,13+/m0/s1. The van der Waals surface area contributed by atoms with Gasteiger partial charge in [-0.1, -0.05) is 0 Å². The van der Waals surface area contributed by atoms with E-state index in [-0.39, 0.29) is 13.0 Å². The molecule has 0 bridgehead atoms. The molecule has 2 aliphatic heterocycles. The summed E-state index contributed by atoms with van der Waals surface area (Å²) in [7, 11) is 0. The Labute approximate surface area is 163 Å². The lowest BCUT2D eigenvalue weighted by Gasteiger charge is -2.33. The van der Waals surface area contributed by atoms with Crippen molar-refractivity contribution in [2.75, 3.05) is 6.54 Å². The van der Waals surface area contributed by atoms with Gasteiger partial charge >= 0.3 is 18.0 Å². The maximum Gasteiger partial charge on any atom is 0.326 e. The van der Waals surface area contributed by atoms with Crippen LogP contribution in [0.3, 0.4) is 0 Å². The predicted molar refractivity (Wildman–Crippen MR) is 89.9 cm³/mol. The summed E-state index contributed by atoms with van der Waals surface area (Å²) in [4.78, 5) is 58.1. The van der Waals surface area contributed by atoms with Crippen LogP contribution in [-0.4, -0.2) is 98.3 Å². The van der Waals surface area contributed by atoms with Gasteiger partial charge in [0.05, 0.1) is 0 Å². The topological polar surface area (TPSA) is 229 Å². The first kappa shape index (κ1) is 22.5. The van der Waals surface area contributed by atoms with E-state index in [1.165, 1.54) is 0 Å². The fourth-order valence-electron chi connectivity index (χ4n) is 3.00. The molecule has 0 aliphatic carbocycles. The van der Waals surface area contributed by atoms with Gasteiger partial charge in [-0.3, -0.25) is 24.6 Å². The van der Waals surface area contributed by atoms with Gasteiger partial charge in [0.15, 0.2) is 6.23 Å². The SMILES string of the molecule is N[C@H](C(=O)N[C@@H](CCC(=O)O)C(=O)O)[C@H]1O[C@@H](N2CCC(=O)NC2=O)[C@H](O)[C@@H]1O. The van der Waals surface area contributed by atoms with Crippen molar-refractivity contribution in [3.05, 3.63) is 0 Å². The van der Waals surface area contributed by atoms with Crippen molar-refractivity contribution in [2.24, 2.45) is 5.73 Å². The third kappa shape index (κ3) is 5.17. The molecule has 14 heteroatoms. The summed E-state index contributed by atoms with van der Waals surface area (Å²) in [6, 6.07) is -4.02. The van der Waals surface area contributed by atoms with E-state index in [1.54, 1.807) is 0 Å². The summed E-state index contributed by atoms with van der Waals surface area (Å²) >= 11 is 0. The molecular formula is C15H22N4O10. The molecule has 2 aliphatic rings. The maximum absolute atomic E-state index is 12.3. The van der Waals surface area contributed by atoms with Gasteiger partial charge in [-0.15, -0.1) is 0 Å². The van der Waals surface area contributed by atoms with Crippen molar-refractivity contribution in [3.8, 4) is 0 Å². The van der Waals surface area contributed by atoms with Crippen molar-refractivity contribution < 1.29 is 49.1 Å². The second-order valence-corrected chi connectivity index (χ2v) is 6.63. The number of imide groups is 1. The highest BCUT2D eigenvalue weighted by atomic mass is 16.6. The van der Waals surface area contributed by atoms with Crippen LogP contribution >= 0.6 is 0 Å². The smallest absolute Gasteiger partial charge is 0.326 e. The minimum Gasteiger partial charge on any atom is -0.481 e. The van der Waals surface area contributed by atoms with Crippen molar-refractivity contribution in [3.63, 3.8) is 0 Å². The molecule has 2 saturated heterocycles. The third-order valence-corrected chi connectivity index (χ3v) is 4.59. The third-order valence-electron chi connectivity index (χ3n) is 4.59. The lowest BCUT2D eigenvalue weighted by atomic mass is 10.0. The number of aliphatic hydroxyl groups excluding tert-OH is 2. The number of rotatable bonds is 8. The number of ether oxygens (including phenoxy) is 1. The van der Waals surface area contributed by atoms with Gasteiger partial charge in [0.1, 0.15) is 30.4 Å². The highest BCUT2D eigenvalue weighted by Crippen LogP contribution is 2.27. The highest BCUT2D eigenvalue weighted by molar-refractivity contribution is 5.96. The van der Waals surface area contributed by atoms with Crippen LogP contribution in [-0.2, 0) is 23.9 Å². The summed E-state index contributed by atoms with van der Waals surface area (Å²) in [6.45, 7) is -0.0937. The molecule has 29 heavy (non-hydrogen) atoms. The van der Waals surface area contributed by atoms with Crippen molar-refractivity contribution in [1.29, 1.82) is 0 Å². The molecule has 0 radical (unpaired) electrons. The highest BCUT2D eigenvalue weighted by Gasteiger charge is 2.51. The lowest BCUT2D eigenvalue weighted by Crippen LogP contribution is -2.56. The van der Waals surface area contributed by atoms with E-state index in [1.807, 2.05) is 5.32 Å². The summed E-state index contributed by atoms with van der Waals surface area (Å²) < 4.78 is 5.38. The Balaban J connectivity index is 2.03. The van der Waals surface area contributed by atoms with Gasteiger partial charge in [0, 0.05) is 19.4 Å². The average molecular weight is 418 g/mol. The van der Waals surface area contributed by atoms with E-state index in [0.717, 1.165) is 4.90 Å². The Hall–Kier alpha value is -2.81. The Morgan fingerprint density at radius 1 is 1.24 bits per heavy atom. The number of hydrogen-bond acceptors (Lipinski definition) is 9. The van der Waals surface area contributed by atoms with Crippen LogP contribution in [0.15, 0.2) is 0 Å². The molecule has 0 spiro atoms. The molecule has 6 atom stereocenters. The van der Waals surface area contributed by atoms with Crippen molar-refractivity contribution in [2.45, 2.75) is 55.9 Å². The number of nitrogens with zero attached hydrogens (tertiary/aromatic N) is 1. The van der Waals surface area contributed by atoms with Crippen LogP contribution in [0.25, 0.3) is 0 Å². The van der Waals surface area contributed by atoms with E-state index in [4.69, 9.17) is 20.7 Å². The lowest BCUT2D eigenvalue weighted by molar-refractivity contribution is -0.144. The van der Waals surface area contributed by atoms with E-state index in [9.17, 15) is 34.2 Å². The molecule has 0 aromatic heterocycles. The zero-order valence-electron chi connectivity index (χ0n) is 15.1. The van der Waals surface area contributed by atoms with Crippen LogP contribution in [0, 0.1) is 0 Å². The predicted octanol–water partition coefficient (Wildman–Crippen LogP) is -3.86. The van der Waals surface area contributed by atoms with E-state index < -0.39 is 79.2 Å². The fourth-order valence-corrected chi connectivity index (χ4v) is 3.00. The minimum absolute atomic E-state index is 0.0600. The average Bonchev–Trinajstić information content (AvgIpc) is 2.92. The van der Waals surface area contributed by atoms with Gasteiger partial charge in [0.2, 0.25) is 11.8 Å². The van der Waals surface area contributed by atoms with E-state index >= 15 is 0 Å². The van der Waals surface area contributed by atoms with Gasteiger partial charge in [-0.05, 0) is 6.42 Å². The van der Waals surface area contributed by atoms with Crippen LogP contribution in [0.1, 0.15) is 19.3 Å². The first-order chi connectivity index (χ1) is 13.5. The van der Waals surface area contributed by atoms with Gasteiger partial charge in [0.25, 0.3) is 0 Å². The maximum atomic E-state index is 12.3. The molecule has 8 N–H and O–H groups in total. The number of urea groups is 1. The summed E-state index contributed by atoms with van der Waals surface area (Å²) in [5.74, 6) is -4.31. The zero-order chi connectivity index (χ0) is 21.9. The minimum atomic E-state index is -1.69.